The van der Waals surface area contributed by atoms with Crippen molar-refractivity contribution in [3.63, 3.8) is 0 Å². The number of benzene rings is 1. The molecule has 21 heavy (non-hydrogen) atoms. The average molecular weight is 291 g/mol. The normalized spacial score (nSPS) is 20.8. The van der Waals surface area contributed by atoms with Crippen LogP contribution in [0, 0.1) is 11.8 Å². The van der Waals surface area contributed by atoms with Gasteiger partial charge in [0.2, 0.25) is 5.91 Å². The topological polar surface area (TPSA) is 92.7 Å². The molecule has 1 aromatic rings. The molecule has 6 nitrogen and oxygen atoms in total. The number of carboxylic acids is 1. The molecule has 2 N–H and O–H groups in total. The summed E-state index contributed by atoms with van der Waals surface area (Å²) in [6.45, 7) is 0. The van der Waals surface area contributed by atoms with Gasteiger partial charge in [0.05, 0.1) is 18.6 Å². The molecule has 1 aliphatic carbocycles. The van der Waals surface area contributed by atoms with Gasteiger partial charge in [-0.25, -0.2) is 4.79 Å². The molecule has 0 bridgehead atoms. The van der Waals surface area contributed by atoms with E-state index in [1.165, 1.54) is 13.2 Å². The summed E-state index contributed by atoms with van der Waals surface area (Å²) in [7, 11) is 1.29. The van der Waals surface area contributed by atoms with E-state index in [0.717, 1.165) is 0 Å². The molecular weight excluding hydrogens is 274 g/mol. The lowest BCUT2D eigenvalue weighted by Gasteiger charge is -2.11. The number of hydrogen-bond donors (Lipinski definition) is 2. The van der Waals surface area contributed by atoms with Gasteiger partial charge in [-0.3, -0.25) is 9.59 Å². The van der Waals surface area contributed by atoms with Crippen molar-refractivity contribution in [1.29, 1.82) is 0 Å². The molecule has 0 aromatic heterocycles. The van der Waals surface area contributed by atoms with E-state index < -0.39 is 17.9 Å². The van der Waals surface area contributed by atoms with Crippen molar-refractivity contribution in [3.05, 3.63) is 29.8 Å². The number of anilines is 1. The molecular formula is C15H17NO5. The van der Waals surface area contributed by atoms with E-state index in [1.807, 2.05) is 0 Å². The molecule has 0 saturated heterocycles. The van der Waals surface area contributed by atoms with Crippen LogP contribution in [0.3, 0.4) is 0 Å². The minimum Gasteiger partial charge on any atom is -0.481 e. The first kappa shape index (κ1) is 15.0. The van der Waals surface area contributed by atoms with E-state index in [2.05, 4.69) is 10.1 Å². The fraction of sp³-hybridized carbons (Fsp3) is 0.400. The number of carbonyl (C=O) groups is 3. The fourth-order valence-corrected chi connectivity index (χ4v) is 2.53. The lowest BCUT2D eigenvalue weighted by atomic mass is 10.0. The molecule has 1 aromatic carbocycles. The second-order valence-electron chi connectivity index (χ2n) is 5.11. The number of ether oxygens (including phenoxy) is 1. The van der Waals surface area contributed by atoms with E-state index in [4.69, 9.17) is 5.11 Å². The van der Waals surface area contributed by atoms with Crippen LogP contribution in [0.15, 0.2) is 24.3 Å². The number of amides is 1. The molecule has 112 valence electrons. The van der Waals surface area contributed by atoms with E-state index in [1.54, 1.807) is 18.2 Å². The molecule has 0 heterocycles. The molecule has 0 radical (unpaired) electrons. The highest BCUT2D eigenvalue weighted by atomic mass is 16.5. The van der Waals surface area contributed by atoms with Crippen molar-refractivity contribution in [2.45, 2.75) is 19.3 Å². The van der Waals surface area contributed by atoms with E-state index in [0.29, 0.717) is 30.5 Å². The standard InChI is InChI=1S/C15H17NO5/c1-21-15(20)11-3-2-4-12(8-11)16-13(17)9-5-6-10(7-9)14(18)19/h2-4,8-10H,5-7H2,1H3,(H,16,17)(H,18,19). The van der Waals surface area contributed by atoms with Gasteiger partial charge >= 0.3 is 11.9 Å². The Hall–Kier alpha value is -2.37. The van der Waals surface area contributed by atoms with E-state index >= 15 is 0 Å². The molecule has 6 heteroatoms. The summed E-state index contributed by atoms with van der Waals surface area (Å²) in [5.74, 6) is -2.27. The van der Waals surface area contributed by atoms with Gasteiger partial charge in [0, 0.05) is 11.6 Å². The van der Waals surface area contributed by atoms with E-state index in [9.17, 15) is 14.4 Å². The summed E-state index contributed by atoms with van der Waals surface area (Å²) >= 11 is 0. The number of aliphatic carboxylic acids is 1. The van der Waals surface area contributed by atoms with Crippen LogP contribution in [0.5, 0.6) is 0 Å². The Morgan fingerprint density at radius 3 is 2.57 bits per heavy atom. The maximum Gasteiger partial charge on any atom is 0.337 e. The highest BCUT2D eigenvalue weighted by molar-refractivity contribution is 5.95. The van der Waals surface area contributed by atoms with Gasteiger partial charge in [-0.15, -0.1) is 0 Å². The summed E-state index contributed by atoms with van der Waals surface area (Å²) in [6, 6.07) is 6.45. The van der Waals surface area contributed by atoms with Crippen molar-refractivity contribution in [3.8, 4) is 0 Å². The summed E-state index contributed by atoms with van der Waals surface area (Å²) in [6.07, 6.45) is 1.45. The zero-order chi connectivity index (χ0) is 15.4. The SMILES string of the molecule is COC(=O)c1cccc(NC(=O)C2CCC(C(=O)O)C2)c1. The predicted octanol–water partition coefficient (Wildman–Crippen LogP) is 1.91. The third-order valence-corrected chi connectivity index (χ3v) is 3.70. The van der Waals surface area contributed by atoms with Crippen LogP contribution in [0.25, 0.3) is 0 Å². The molecule has 1 aliphatic rings. The van der Waals surface area contributed by atoms with Crippen LogP contribution in [0.2, 0.25) is 0 Å². The summed E-state index contributed by atoms with van der Waals surface area (Å²) in [4.78, 5) is 34.4. The van der Waals surface area contributed by atoms with Crippen LogP contribution in [0.4, 0.5) is 5.69 Å². The predicted molar refractivity (Wildman–Crippen MR) is 74.9 cm³/mol. The molecule has 2 unspecified atom stereocenters. The van der Waals surface area contributed by atoms with Gasteiger partial charge in [-0.05, 0) is 37.5 Å². The van der Waals surface area contributed by atoms with Gasteiger partial charge < -0.3 is 15.2 Å². The minimum atomic E-state index is -0.849. The van der Waals surface area contributed by atoms with Gasteiger partial charge in [0.25, 0.3) is 0 Å². The van der Waals surface area contributed by atoms with Crippen LogP contribution in [-0.2, 0) is 14.3 Å². The summed E-state index contributed by atoms with van der Waals surface area (Å²) in [5.41, 5.74) is 0.854. The lowest BCUT2D eigenvalue weighted by molar-refractivity contribution is -0.141. The van der Waals surface area contributed by atoms with Crippen LogP contribution < -0.4 is 5.32 Å². The first-order valence-electron chi connectivity index (χ1n) is 6.73. The summed E-state index contributed by atoms with van der Waals surface area (Å²) < 4.78 is 4.62. The van der Waals surface area contributed by atoms with Crippen molar-refractivity contribution >= 4 is 23.5 Å². The second-order valence-corrected chi connectivity index (χ2v) is 5.11. The van der Waals surface area contributed by atoms with Gasteiger partial charge in [-0.1, -0.05) is 6.07 Å². The number of methoxy groups -OCH3 is 1. The van der Waals surface area contributed by atoms with Crippen molar-refractivity contribution in [2.75, 3.05) is 12.4 Å². The number of hydrogen-bond acceptors (Lipinski definition) is 4. The average Bonchev–Trinajstić information content (AvgIpc) is 2.97. The Morgan fingerprint density at radius 1 is 1.24 bits per heavy atom. The van der Waals surface area contributed by atoms with Crippen molar-refractivity contribution in [1.82, 2.24) is 0 Å². The number of esters is 1. The third-order valence-electron chi connectivity index (χ3n) is 3.70. The molecule has 1 fully saturated rings. The fourth-order valence-electron chi connectivity index (χ4n) is 2.53. The van der Waals surface area contributed by atoms with Crippen molar-refractivity contribution in [2.24, 2.45) is 11.8 Å². The van der Waals surface area contributed by atoms with Gasteiger partial charge in [0.15, 0.2) is 0 Å². The Kier molecular flexibility index (Phi) is 4.57. The van der Waals surface area contributed by atoms with Crippen LogP contribution >= 0.6 is 0 Å². The largest absolute Gasteiger partial charge is 0.481 e. The quantitative estimate of drug-likeness (QED) is 0.827. The second kappa shape index (κ2) is 6.39. The highest BCUT2D eigenvalue weighted by Crippen LogP contribution is 2.31. The smallest absolute Gasteiger partial charge is 0.337 e. The van der Waals surface area contributed by atoms with Crippen LogP contribution in [-0.4, -0.2) is 30.1 Å². The number of rotatable bonds is 4. The maximum absolute atomic E-state index is 12.1. The molecule has 1 amide bonds. The Bertz CT molecular complexity index is 569. The van der Waals surface area contributed by atoms with E-state index in [-0.39, 0.29) is 11.8 Å². The number of carbonyl (C=O) groups excluding carboxylic acids is 2. The Labute approximate surface area is 122 Å². The molecule has 2 rings (SSSR count). The Morgan fingerprint density at radius 2 is 1.95 bits per heavy atom. The summed E-state index contributed by atoms with van der Waals surface area (Å²) in [5, 5.41) is 11.7. The molecule has 0 spiro atoms. The minimum absolute atomic E-state index is 0.208. The lowest BCUT2D eigenvalue weighted by Crippen LogP contribution is -2.21. The van der Waals surface area contributed by atoms with Crippen molar-refractivity contribution < 1.29 is 24.2 Å². The van der Waals surface area contributed by atoms with Crippen LogP contribution in [0.1, 0.15) is 29.6 Å². The van der Waals surface area contributed by atoms with Gasteiger partial charge in [0.1, 0.15) is 0 Å². The molecule has 1 saturated carbocycles. The molecule has 0 aliphatic heterocycles. The maximum atomic E-state index is 12.1. The molecule has 2 atom stereocenters. The highest BCUT2D eigenvalue weighted by Gasteiger charge is 2.33. The number of nitrogens with one attached hydrogen (secondary N) is 1. The first-order valence-corrected chi connectivity index (χ1v) is 6.73. The van der Waals surface area contributed by atoms with Gasteiger partial charge in [-0.2, -0.15) is 0 Å². The third kappa shape index (κ3) is 3.59. The zero-order valence-corrected chi connectivity index (χ0v) is 11.7. The monoisotopic (exact) mass is 291 g/mol. The first-order chi connectivity index (χ1) is 10.0. The zero-order valence-electron chi connectivity index (χ0n) is 11.7. The number of carboxylic acid groups (broad SMARTS) is 1. The Balaban J connectivity index is 2.00.